The Kier molecular flexibility index (Phi) is 5.99. The van der Waals surface area contributed by atoms with Crippen molar-refractivity contribution in [2.75, 3.05) is 0 Å². The molecule has 6 nitrogen and oxygen atoms in total. The van der Waals surface area contributed by atoms with Gasteiger partial charge in [-0.25, -0.2) is 15.0 Å². The third kappa shape index (κ3) is 4.39. The first-order chi connectivity index (χ1) is 21.3. The van der Waals surface area contributed by atoms with Crippen LogP contribution in [0.1, 0.15) is 27.7 Å². The molecule has 0 bridgehead atoms. The fraction of sp³-hybridized carbons (Fsp3) is 0.162. The Morgan fingerprint density at radius 1 is 0.545 bits per heavy atom. The van der Waals surface area contributed by atoms with Crippen LogP contribution in [0.2, 0.25) is 0 Å². The molecule has 0 aliphatic carbocycles. The van der Waals surface area contributed by atoms with Gasteiger partial charge in [-0.1, -0.05) is 91.0 Å². The van der Waals surface area contributed by atoms with Crippen LogP contribution in [-0.4, -0.2) is 33.3 Å². The fourth-order valence-electron chi connectivity index (χ4n) is 5.79. The molecule has 0 unspecified atom stereocenters. The number of rotatable bonds is 4. The van der Waals surface area contributed by atoms with Crippen molar-refractivity contribution in [1.82, 2.24) is 15.0 Å². The second-order valence-electron chi connectivity index (χ2n) is 12.4. The summed E-state index contributed by atoms with van der Waals surface area (Å²) in [5, 5.41) is 4.26. The van der Waals surface area contributed by atoms with E-state index in [0.29, 0.717) is 17.5 Å². The van der Waals surface area contributed by atoms with E-state index in [2.05, 4.69) is 76.2 Å². The second-order valence-corrected chi connectivity index (χ2v) is 12.4. The number of fused-ring (bicyclic) bond motifs is 4. The summed E-state index contributed by atoms with van der Waals surface area (Å²) in [7, 11) is -0.412. The minimum atomic E-state index is -0.412. The van der Waals surface area contributed by atoms with Gasteiger partial charge in [-0.15, -0.1) is 0 Å². The molecular formula is C37H30BN3O3. The highest BCUT2D eigenvalue weighted by atomic mass is 16.7. The van der Waals surface area contributed by atoms with Gasteiger partial charge < -0.3 is 13.7 Å². The number of hydrogen-bond acceptors (Lipinski definition) is 6. The van der Waals surface area contributed by atoms with Gasteiger partial charge in [0.2, 0.25) is 0 Å². The van der Waals surface area contributed by atoms with Crippen molar-refractivity contribution >= 4 is 45.3 Å². The van der Waals surface area contributed by atoms with Crippen molar-refractivity contribution in [3.63, 3.8) is 0 Å². The minimum Gasteiger partial charge on any atom is -0.455 e. The van der Waals surface area contributed by atoms with E-state index >= 15 is 0 Å². The van der Waals surface area contributed by atoms with Gasteiger partial charge in [0, 0.05) is 21.9 Å². The maximum absolute atomic E-state index is 6.34. The van der Waals surface area contributed by atoms with Crippen LogP contribution in [0.5, 0.6) is 0 Å². The van der Waals surface area contributed by atoms with E-state index in [1.54, 1.807) is 0 Å². The van der Waals surface area contributed by atoms with Crippen LogP contribution in [0.3, 0.4) is 0 Å². The molecule has 0 spiro atoms. The normalized spacial score (nSPS) is 15.9. The molecule has 1 aliphatic heterocycles. The Bertz CT molecular complexity index is 2190. The Labute approximate surface area is 255 Å². The molecule has 7 aromatic rings. The van der Waals surface area contributed by atoms with E-state index in [4.69, 9.17) is 28.7 Å². The van der Waals surface area contributed by atoms with Crippen LogP contribution in [-0.2, 0) is 9.31 Å². The summed E-state index contributed by atoms with van der Waals surface area (Å²) in [5.41, 5.74) is 4.46. The average molecular weight is 575 g/mol. The summed E-state index contributed by atoms with van der Waals surface area (Å²) in [6, 6.07) is 36.8. The van der Waals surface area contributed by atoms with Gasteiger partial charge in [0.25, 0.3) is 0 Å². The summed E-state index contributed by atoms with van der Waals surface area (Å²) in [5.74, 6) is 1.77. The van der Waals surface area contributed by atoms with Crippen molar-refractivity contribution < 1.29 is 13.7 Å². The van der Waals surface area contributed by atoms with Gasteiger partial charge >= 0.3 is 7.12 Å². The molecule has 1 fully saturated rings. The van der Waals surface area contributed by atoms with Crippen LogP contribution in [0, 0.1) is 0 Å². The first kappa shape index (κ1) is 26.8. The Balaban J connectivity index is 1.24. The Hall–Kier alpha value is -4.85. The van der Waals surface area contributed by atoms with Crippen LogP contribution in [0.25, 0.3) is 66.9 Å². The molecular weight excluding hydrogens is 545 g/mol. The van der Waals surface area contributed by atoms with Gasteiger partial charge in [0.15, 0.2) is 17.5 Å². The lowest BCUT2D eigenvalue weighted by molar-refractivity contribution is 0.00578. The highest BCUT2D eigenvalue weighted by Crippen LogP contribution is 2.38. The van der Waals surface area contributed by atoms with Crippen LogP contribution >= 0.6 is 0 Å². The molecule has 0 N–H and O–H groups in total. The summed E-state index contributed by atoms with van der Waals surface area (Å²) in [4.78, 5) is 14.9. The number of benzene rings is 5. The Morgan fingerprint density at radius 2 is 1.18 bits per heavy atom. The quantitative estimate of drug-likeness (QED) is 0.197. The largest absolute Gasteiger partial charge is 0.494 e. The molecule has 0 saturated carbocycles. The van der Waals surface area contributed by atoms with E-state index in [1.807, 2.05) is 60.7 Å². The zero-order chi connectivity index (χ0) is 30.1. The molecule has 0 amide bonds. The minimum absolute atomic E-state index is 0.393. The smallest absolute Gasteiger partial charge is 0.455 e. The van der Waals surface area contributed by atoms with Crippen molar-refractivity contribution in [2.45, 2.75) is 38.9 Å². The third-order valence-electron chi connectivity index (χ3n) is 8.96. The van der Waals surface area contributed by atoms with E-state index in [1.165, 1.54) is 0 Å². The maximum atomic E-state index is 6.34. The monoisotopic (exact) mass is 575 g/mol. The molecule has 44 heavy (non-hydrogen) atoms. The van der Waals surface area contributed by atoms with Crippen molar-refractivity contribution in [1.29, 1.82) is 0 Å². The summed E-state index contributed by atoms with van der Waals surface area (Å²) >= 11 is 0. The third-order valence-corrected chi connectivity index (χ3v) is 8.96. The van der Waals surface area contributed by atoms with Crippen LogP contribution < -0.4 is 5.46 Å². The first-order valence-corrected chi connectivity index (χ1v) is 14.9. The van der Waals surface area contributed by atoms with Crippen molar-refractivity contribution in [3.8, 4) is 34.2 Å². The van der Waals surface area contributed by atoms with E-state index in [0.717, 1.165) is 54.9 Å². The van der Waals surface area contributed by atoms with Crippen molar-refractivity contribution in [3.05, 3.63) is 109 Å². The van der Waals surface area contributed by atoms with Crippen LogP contribution in [0.15, 0.2) is 114 Å². The molecule has 1 aliphatic rings. The molecule has 1 saturated heterocycles. The highest BCUT2D eigenvalue weighted by molar-refractivity contribution is 6.62. The highest BCUT2D eigenvalue weighted by Gasteiger charge is 2.51. The number of nitrogens with zero attached hydrogens (tertiary/aromatic N) is 3. The molecule has 0 radical (unpaired) electrons. The standard InChI is InChI=1S/C37H30BN3O3/c1-36(2)37(3,4)44-38(43-36)27-20-19-24-21-26(18-17-25(24)22-27)34-39-33(23-11-6-5-7-12-23)40-35(41-34)30-15-10-14-29-28-13-8-9-16-31(28)42-32(29)30/h5-22H,1-4H3. The fourth-order valence-corrected chi connectivity index (χ4v) is 5.79. The lowest BCUT2D eigenvalue weighted by atomic mass is 9.78. The van der Waals surface area contributed by atoms with E-state index in [9.17, 15) is 0 Å². The molecule has 7 heteroatoms. The predicted octanol–water partition coefficient (Wildman–Crippen LogP) is 8.22. The number of aromatic nitrogens is 3. The summed E-state index contributed by atoms with van der Waals surface area (Å²) in [6.45, 7) is 8.28. The zero-order valence-corrected chi connectivity index (χ0v) is 25.0. The summed E-state index contributed by atoms with van der Waals surface area (Å²) < 4.78 is 18.9. The number of furan rings is 1. The van der Waals surface area contributed by atoms with Crippen molar-refractivity contribution in [2.24, 2.45) is 0 Å². The lowest BCUT2D eigenvalue weighted by Gasteiger charge is -2.32. The predicted molar refractivity (Wildman–Crippen MR) is 177 cm³/mol. The topological polar surface area (TPSA) is 70.3 Å². The number of hydrogen-bond donors (Lipinski definition) is 0. The molecule has 5 aromatic carbocycles. The first-order valence-electron chi connectivity index (χ1n) is 14.9. The number of para-hydroxylation sites is 2. The van der Waals surface area contributed by atoms with Gasteiger partial charge in [0.05, 0.1) is 16.8 Å². The lowest BCUT2D eigenvalue weighted by Crippen LogP contribution is -2.41. The van der Waals surface area contributed by atoms with Gasteiger partial charge in [0.1, 0.15) is 11.2 Å². The van der Waals surface area contributed by atoms with Crippen LogP contribution in [0.4, 0.5) is 0 Å². The molecule has 214 valence electrons. The van der Waals surface area contributed by atoms with Gasteiger partial charge in [-0.3, -0.25) is 0 Å². The molecule has 3 heterocycles. The Morgan fingerprint density at radius 3 is 1.98 bits per heavy atom. The second kappa shape index (κ2) is 9.84. The summed E-state index contributed by atoms with van der Waals surface area (Å²) in [6.07, 6.45) is 0. The average Bonchev–Trinajstić information content (AvgIpc) is 3.53. The van der Waals surface area contributed by atoms with E-state index in [-0.39, 0.29) is 0 Å². The van der Waals surface area contributed by atoms with Gasteiger partial charge in [-0.05, 0) is 62.1 Å². The van der Waals surface area contributed by atoms with E-state index < -0.39 is 18.3 Å². The SMILES string of the molecule is CC1(C)OB(c2ccc3cc(-c4nc(-c5ccccc5)nc(-c5cccc6c5oc5ccccc56)n4)ccc3c2)OC1(C)C. The molecule has 8 rings (SSSR count). The molecule has 2 aromatic heterocycles. The molecule has 0 atom stereocenters. The zero-order valence-electron chi connectivity index (χ0n) is 25.0. The maximum Gasteiger partial charge on any atom is 0.494 e. The van der Waals surface area contributed by atoms with Gasteiger partial charge in [-0.2, -0.15) is 0 Å².